The molecule has 0 bridgehead atoms. The molecule has 3 aromatic rings. The Hall–Kier alpha value is -2.83. The van der Waals surface area contributed by atoms with Crippen molar-refractivity contribution < 1.29 is 9.52 Å². The van der Waals surface area contributed by atoms with Gasteiger partial charge < -0.3 is 20.3 Å². The van der Waals surface area contributed by atoms with Gasteiger partial charge in [-0.3, -0.25) is 0 Å². The second-order valence-corrected chi connectivity index (χ2v) is 7.18. The molecular formula is C22H26ClN3O3. The van der Waals surface area contributed by atoms with Crippen LogP contribution in [0.5, 0.6) is 5.75 Å². The van der Waals surface area contributed by atoms with Crippen molar-refractivity contribution in [3.63, 3.8) is 0 Å². The summed E-state index contributed by atoms with van der Waals surface area (Å²) >= 11 is 0. The van der Waals surface area contributed by atoms with Gasteiger partial charge in [0.2, 0.25) is 0 Å². The van der Waals surface area contributed by atoms with Crippen LogP contribution in [-0.2, 0) is 0 Å². The van der Waals surface area contributed by atoms with Crippen LogP contribution in [0.2, 0.25) is 0 Å². The van der Waals surface area contributed by atoms with Crippen molar-refractivity contribution in [3.8, 4) is 5.75 Å². The van der Waals surface area contributed by atoms with Crippen molar-refractivity contribution in [1.82, 2.24) is 4.90 Å². The van der Waals surface area contributed by atoms with Gasteiger partial charge in [-0.15, -0.1) is 12.4 Å². The smallest absolute Gasteiger partial charge is 0.343 e. The number of rotatable bonds is 6. The first-order valence-electron chi connectivity index (χ1n) is 9.12. The number of para-hydroxylation sites is 1. The molecule has 0 aliphatic rings. The Bertz CT molecular complexity index is 1050. The van der Waals surface area contributed by atoms with E-state index in [2.05, 4.69) is 5.10 Å². The second kappa shape index (κ2) is 9.58. The number of nitrogens with zero attached hydrogens (tertiary/aromatic N) is 2. The summed E-state index contributed by atoms with van der Waals surface area (Å²) in [4.78, 5) is 15.0. The Morgan fingerprint density at radius 2 is 1.76 bits per heavy atom. The minimum absolute atomic E-state index is 0. The van der Waals surface area contributed by atoms with Crippen LogP contribution in [0.15, 0.2) is 68.9 Å². The maximum absolute atomic E-state index is 13.0. The molecule has 6 nitrogen and oxygen atoms in total. The van der Waals surface area contributed by atoms with E-state index in [9.17, 15) is 9.90 Å². The molecule has 0 saturated carbocycles. The third kappa shape index (κ3) is 4.60. The lowest BCUT2D eigenvalue weighted by atomic mass is 9.78. The summed E-state index contributed by atoms with van der Waals surface area (Å²) in [7, 11) is 3.89. The lowest BCUT2D eigenvalue weighted by Crippen LogP contribution is -2.34. The standard InChI is InChI=1S/C22H25N3O3.ClH/c1-14(24-23)17(13-25(2)3)19(15-9-5-4-6-10-15)20-21(26)16-11-7-8-12-18(16)28-22(20)27;/h4-12,17,19,26H,13,23H2,1-3H3;1H/b24-14-;. The molecule has 2 aromatic carbocycles. The molecule has 1 aromatic heterocycles. The van der Waals surface area contributed by atoms with E-state index in [1.54, 1.807) is 24.3 Å². The van der Waals surface area contributed by atoms with E-state index in [0.717, 1.165) is 5.56 Å². The molecule has 0 amide bonds. The van der Waals surface area contributed by atoms with Gasteiger partial charge in [0.05, 0.1) is 10.9 Å². The first-order valence-corrected chi connectivity index (χ1v) is 9.12. The van der Waals surface area contributed by atoms with E-state index in [1.807, 2.05) is 56.3 Å². The first kappa shape index (κ1) is 22.5. The fourth-order valence-corrected chi connectivity index (χ4v) is 3.65. The molecule has 0 radical (unpaired) electrons. The molecule has 0 fully saturated rings. The number of benzene rings is 2. The summed E-state index contributed by atoms with van der Waals surface area (Å²) in [6.07, 6.45) is 0. The van der Waals surface area contributed by atoms with Gasteiger partial charge in [0.15, 0.2) is 0 Å². The van der Waals surface area contributed by atoms with E-state index < -0.39 is 11.5 Å². The van der Waals surface area contributed by atoms with Crippen LogP contribution < -0.4 is 11.5 Å². The van der Waals surface area contributed by atoms with Crippen LogP contribution in [0.25, 0.3) is 11.0 Å². The molecule has 0 aliphatic heterocycles. The zero-order chi connectivity index (χ0) is 20.3. The Morgan fingerprint density at radius 1 is 1.14 bits per heavy atom. The van der Waals surface area contributed by atoms with Crippen LogP contribution in [0, 0.1) is 5.92 Å². The Kier molecular flexibility index (Phi) is 7.42. The van der Waals surface area contributed by atoms with Gasteiger partial charge in [0.25, 0.3) is 0 Å². The SMILES string of the molecule is C/C(=N/N)C(CN(C)C)C(c1ccccc1)c1c(O)c2ccccc2oc1=O.Cl. The summed E-state index contributed by atoms with van der Waals surface area (Å²) in [5.74, 6) is 4.87. The molecule has 154 valence electrons. The molecule has 1 heterocycles. The summed E-state index contributed by atoms with van der Waals surface area (Å²) in [5, 5.41) is 15.5. The molecular weight excluding hydrogens is 390 g/mol. The van der Waals surface area contributed by atoms with Gasteiger partial charge in [-0.25, -0.2) is 4.79 Å². The highest BCUT2D eigenvalue weighted by Crippen LogP contribution is 2.39. The average Bonchev–Trinajstić information content (AvgIpc) is 2.69. The Labute approximate surface area is 176 Å². The third-order valence-electron chi connectivity index (χ3n) is 4.99. The van der Waals surface area contributed by atoms with E-state index in [1.165, 1.54) is 0 Å². The van der Waals surface area contributed by atoms with Crippen molar-refractivity contribution in [1.29, 1.82) is 0 Å². The first-order chi connectivity index (χ1) is 13.4. The fourth-order valence-electron chi connectivity index (χ4n) is 3.65. The van der Waals surface area contributed by atoms with Crippen molar-refractivity contribution in [2.24, 2.45) is 16.9 Å². The summed E-state index contributed by atoms with van der Waals surface area (Å²) in [6, 6.07) is 16.6. The monoisotopic (exact) mass is 415 g/mol. The predicted molar refractivity (Wildman–Crippen MR) is 119 cm³/mol. The van der Waals surface area contributed by atoms with E-state index >= 15 is 0 Å². The average molecular weight is 416 g/mol. The summed E-state index contributed by atoms with van der Waals surface area (Å²) in [5.41, 5.74) is 1.59. The summed E-state index contributed by atoms with van der Waals surface area (Å²) < 4.78 is 5.54. The number of hydrazone groups is 1. The van der Waals surface area contributed by atoms with Crippen LogP contribution in [0.3, 0.4) is 0 Å². The highest BCUT2D eigenvalue weighted by atomic mass is 35.5. The van der Waals surface area contributed by atoms with Gasteiger partial charge in [0, 0.05) is 24.1 Å². The van der Waals surface area contributed by atoms with E-state index in [0.29, 0.717) is 23.2 Å². The number of fused-ring (bicyclic) bond motifs is 1. The van der Waals surface area contributed by atoms with Crippen LogP contribution >= 0.6 is 12.4 Å². The molecule has 2 unspecified atom stereocenters. The Balaban J connectivity index is 0.00000300. The molecule has 3 N–H and O–H groups in total. The highest BCUT2D eigenvalue weighted by molar-refractivity contribution is 5.88. The predicted octanol–water partition coefficient (Wildman–Crippen LogP) is 3.56. The molecule has 0 aliphatic carbocycles. The minimum atomic E-state index is -0.557. The maximum atomic E-state index is 13.0. The van der Waals surface area contributed by atoms with E-state index in [4.69, 9.17) is 10.3 Å². The lowest BCUT2D eigenvalue weighted by molar-refractivity contribution is 0.346. The van der Waals surface area contributed by atoms with Crippen molar-refractivity contribution in [3.05, 3.63) is 76.1 Å². The molecule has 3 rings (SSSR count). The lowest BCUT2D eigenvalue weighted by Gasteiger charge is -2.30. The van der Waals surface area contributed by atoms with Crippen molar-refractivity contribution >= 4 is 29.1 Å². The molecule has 2 atom stereocenters. The van der Waals surface area contributed by atoms with Gasteiger partial charge >= 0.3 is 5.63 Å². The van der Waals surface area contributed by atoms with Gasteiger partial charge in [-0.2, -0.15) is 5.10 Å². The summed E-state index contributed by atoms with van der Waals surface area (Å²) in [6.45, 7) is 2.43. The molecule has 7 heteroatoms. The molecule has 0 saturated heterocycles. The van der Waals surface area contributed by atoms with Crippen LogP contribution in [0.4, 0.5) is 0 Å². The topological polar surface area (TPSA) is 92.1 Å². The Morgan fingerprint density at radius 3 is 2.38 bits per heavy atom. The van der Waals surface area contributed by atoms with Crippen LogP contribution in [0.1, 0.15) is 24.0 Å². The second-order valence-electron chi connectivity index (χ2n) is 7.18. The number of aromatic hydroxyl groups is 1. The number of hydrogen-bond acceptors (Lipinski definition) is 6. The number of halogens is 1. The molecule has 0 spiro atoms. The van der Waals surface area contributed by atoms with Crippen molar-refractivity contribution in [2.75, 3.05) is 20.6 Å². The number of nitrogens with two attached hydrogens (primary N) is 1. The zero-order valence-electron chi connectivity index (χ0n) is 16.7. The number of hydrogen-bond donors (Lipinski definition) is 2. The van der Waals surface area contributed by atoms with Crippen LogP contribution in [-0.4, -0.2) is 36.4 Å². The maximum Gasteiger partial charge on any atom is 0.343 e. The van der Waals surface area contributed by atoms with Gasteiger partial charge in [-0.1, -0.05) is 42.5 Å². The zero-order valence-corrected chi connectivity index (χ0v) is 17.5. The fraction of sp³-hybridized carbons (Fsp3) is 0.273. The van der Waals surface area contributed by atoms with Gasteiger partial charge in [0.1, 0.15) is 11.3 Å². The van der Waals surface area contributed by atoms with Crippen molar-refractivity contribution in [2.45, 2.75) is 12.8 Å². The third-order valence-corrected chi connectivity index (χ3v) is 4.99. The highest BCUT2D eigenvalue weighted by Gasteiger charge is 2.33. The normalized spacial score (nSPS) is 13.9. The van der Waals surface area contributed by atoms with E-state index in [-0.39, 0.29) is 29.6 Å². The largest absolute Gasteiger partial charge is 0.507 e. The minimum Gasteiger partial charge on any atom is -0.507 e. The van der Waals surface area contributed by atoms with Gasteiger partial charge in [-0.05, 0) is 38.7 Å². The molecule has 29 heavy (non-hydrogen) atoms. The quantitative estimate of drug-likeness (QED) is 0.278.